The standard InChI is InChI=1S/C15H10N2O4.C9H6BrNO2.C6H6BNO4/c1-21-15(18)13-8-10(9-16)6-7-11(13)12-4-2-3-5-14(12)17(19)20;1-13-9(12)7-4-6(5-11)2-3-8(7)10;9-7(10)5-3-1-2-4-6(5)8(11)12/h2-8H,1H3;2-4H,1H3;1-4,9-10H. The molecule has 0 spiro atoms. The van der Waals surface area contributed by atoms with Crippen LogP contribution in [0.5, 0.6) is 0 Å². The first-order valence-corrected chi connectivity index (χ1v) is 13.4. The highest BCUT2D eigenvalue weighted by atomic mass is 79.9. The summed E-state index contributed by atoms with van der Waals surface area (Å²) in [6, 6.07) is 24.5. The number of benzene rings is 4. The molecule has 0 aliphatic carbocycles. The number of nitrogens with zero attached hydrogens (tertiary/aromatic N) is 4. The lowest BCUT2D eigenvalue weighted by atomic mass is 9.79. The zero-order valence-corrected chi connectivity index (χ0v) is 25.6. The van der Waals surface area contributed by atoms with Crippen molar-refractivity contribution in [3.8, 4) is 23.3 Å². The van der Waals surface area contributed by atoms with E-state index < -0.39 is 28.9 Å². The number of nitro benzene ring substituents is 2. The Morgan fingerprint density at radius 2 is 1.22 bits per heavy atom. The topological polar surface area (TPSA) is 227 Å². The quantitative estimate of drug-likeness (QED) is 0.125. The van der Waals surface area contributed by atoms with Gasteiger partial charge in [0.25, 0.3) is 11.4 Å². The summed E-state index contributed by atoms with van der Waals surface area (Å²) in [5.74, 6) is -1.11. The number of para-hydroxylation sites is 2. The smallest absolute Gasteiger partial charge is 0.465 e. The second-order valence-corrected chi connectivity index (χ2v) is 9.48. The predicted molar refractivity (Wildman–Crippen MR) is 168 cm³/mol. The van der Waals surface area contributed by atoms with Crippen LogP contribution < -0.4 is 5.46 Å². The fraction of sp³-hybridized carbons (Fsp3) is 0.0667. The van der Waals surface area contributed by atoms with E-state index in [1.165, 1.54) is 68.8 Å². The Bertz CT molecular complexity index is 1850. The van der Waals surface area contributed by atoms with Crippen LogP contribution in [-0.2, 0) is 9.47 Å². The van der Waals surface area contributed by atoms with E-state index >= 15 is 0 Å². The summed E-state index contributed by atoms with van der Waals surface area (Å²) in [4.78, 5) is 43.2. The Balaban J connectivity index is 0.000000255. The maximum Gasteiger partial charge on any atom is 0.495 e. The average molecular weight is 689 g/mol. The summed E-state index contributed by atoms with van der Waals surface area (Å²) in [5.41, 5.74) is 1.34. The van der Waals surface area contributed by atoms with Gasteiger partial charge in [0.05, 0.1) is 69.5 Å². The highest BCUT2D eigenvalue weighted by molar-refractivity contribution is 9.10. The summed E-state index contributed by atoms with van der Waals surface area (Å²) in [6.07, 6.45) is 0. The van der Waals surface area contributed by atoms with Gasteiger partial charge in [-0.25, -0.2) is 9.59 Å². The van der Waals surface area contributed by atoms with E-state index in [0.29, 0.717) is 26.7 Å². The molecule has 232 valence electrons. The van der Waals surface area contributed by atoms with Crippen LogP contribution in [-0.4, -0.2) is 53.2 Å². The molecule has 0 radical (unpaired) electrons. The number of methoxy groups -OCH3 is 2. The molecular weight excluding hydrogens is 667 g/mol. The molecule has 46 heavy (non-hydrogen) atoms. The SMILES string of the molecule is COC(=O)c1cc(C#N)ccc1-c1ccccc1[N+](=O)[O-].COC(=O)c1cc(C#N)ccc1Br.O=[N+]([O-])c1ccccc1B(O)O. The minimum Gasteiger partial charge on any atom is -0.465 e. The van der Waals surface area contributed by atoms with E-state index in [1.807, 2.05) is 12.1 Å². The van der Waals surface area contributed by atoms with Crippen LogP contribution in [0.1, 0.15) is 31.8 Å². The highest BCUT2D eigenvalue weighted by Crippen LogP contribution is 2.33. The lowest BCUT2D eigenvalue weighted by Gasteiger charge is -2.09. The molecule has 0 unspecified atom stereocenters. The third kappa shape index (κ3) is 9.53. The normalized spacial score (nSPS) is 9.46. The minimum atomic E-state index is -1.80. The number of halogens is 1. The molecule has 2 N–H and O–H groups in total. The molecule has 14 nitrogen and oxygen atoms in total. The molecule has 0 aromatic heterocycles. The van der Waals surface area contributed by atoms with Gasteiger partial charge in [0, 0.05) is 22.2 Å². The van der Waals surface area contributed by atoms with Crippen molar-refractivity contribution in [1.82, 2.24) is 0 Å². The molecule has 4 aromatic carbocycles. The number of nitro groups is 2. The Kier molecular flexibility index (Phi) is 13.7. The molecule has 0 saturated carbocycles. The molecule has 16 heteroatoms. The van der Waals surface area contributed by atoms with Gasteiger partial charge in [-0.05, 0) is 52.3 Å². The maximum atomic E-state index is 11.9. The van der Waals surface area contributed by atoms with E-state index in [-0.39, 0.29) is 28.0 Å². The Morgan fingerprint density at radius 1 is 0.739 bits per heavy atom. The lowest BCUT2D eigenvalue weighted by molar-refractivity contribution is -0.384. The van der Waals surface area contributed by atoms with Crippen LogP contribution >= 0.6 is 15.9 Å². The van der Waals surface area contributed by atoms with E-state index in [1.54, 1.807) is 30.3 Å². The van der Waals surface area contributed by atoms with Crippen molar-refractivity contribution in [3.05, 3.63) is 132 Å². The molecule has 0 atom stereocenters. The largest absolute Gasteiger partial charge is 0.495 e. The molecule has 0 saturated heterocycles. The van der Waals surface area contributed by atoms with Crippen LogP contribution in [0.25, 0.3) is 11.1 Å². The monoisotopic (exact) mass is 688 g/mol. The first-order chi connectivity index (χ1) is 21.9. The fourth-order valence-electron chi connectivity index (χ4n) is 3.72. The van der Waals surface area contributed by atoms with Gasteiger partial charge in [-0.1, -0.05) is 36.4 Å². The van der Waals surface area contributed by atoms with E-state index in [9.17, 15) is 29.8 Å². The van der Waals surface area contributed by atoms with Crippen molar-refractivity contribution >= 4 is 51.8 Å². The average Bonchev–Trinajstić information content (AvgIpc) is 3.07. The van der Waals surface area contributed by atoms with Crippen molar-refractivity contribution in [2.45, 2.75) is 0 Å². The molecule has 0 heterocycles. The highest BCUT2D eigenvalue weighted by Gasteiger charge is 2.22. The van der Waals surface area contributed by atoms with Gasteiger partial charge >= 0.3 is 19.1 Å². The molecule has 4 aromatic rings. The second-order valence-electron chi connectivity index (χ2n) is 8.63. The summed E-state index contributed by atoms with van der Waals surface area (Å²) in [6.45, 7) is 0. The third-order valence-electron chi connectivity index (χ3n) is 5.86. The van der Waals surface area contributed by atoms with Crippen molar-refractivity contribution < 1.29 is 39.0 Å². The zero-order valence-electron chi connectivity index (χ0n) is 24.0. The summed E-state index contributed by atoms with van der Waals surface area (Å²) in [7, 11) is 0.713. The Hall–Kier alpha value is -5.94. The lowest BCUT2D eigenvalue weighted by Crippen LogP contribution is -2.31. The van der Waals surface area contributed by atoms with Gasteiger partial charge in [-0.15, -0.1) is 0 Å². The van der Waals surface area contributed by atoms with Gasteiger partial charge in [-0.2, -0.15) is 10.5 Å². The fourth-order valence-corrected chi connectivity index (χ4v) is 4.13. The van der Waals surface area contributed by atoms with E-state index in [4.69, 9.17) is 20.6 Å². The summed E-state index contributed by atoms with van der Waals surface area (Å²) in [5, 5.41) is 56.3. The van der Waals surface area contributed by atoms with E-state index in [0.717, 1.165) is 0 Å². The number of hydrogen-bond donors (Lipinski definition) is 2. The molecule has 0 amide bonds. The minimum absolute atomic E-state index is 0.0949. The number of carbonyl (C=O) groups is 2. The van der Waals surface area contributed by atoms with Crippen LogP contribution in [0.4, 0.5) is 11.4 Å². The predicted octanol–water partition coefficient (Wildman–Crippen LogP) is 4.30. The first kappa shape index (κ1) is 36.3. The second kappa shape index (κ2) is 17.4. The van der Waals surface area contributed by atoms with Crippen LogP contribution in [0.15, 0.2) is 89.4 Å². The zero-order chi connectivity index (χ0) is 34.4. The van der Waals surface area contributed by atoms with Crippen LogP contribution in [0.2, 0.25) is 0 Å². The van der Waals surface area contributed by atoms with Crippen LogP contribution in [0, 0.1) is 42.9 Å². The third-order valence-corrected chi connectivity index (χ3v) is 6.55. The number of rotatable bonds is 6. The van der Waals surface area contributed by atoms with Crippen molar-refractivity contribution in [3.63, 3.8) is 0 Å². The Morgan fingerprint density at radius 3 is 1.72 bits per heavy atom. The molecule has 0 aliphatic rings. The van der Waals surface area contributed by atoms with Gasteiger partial charge < -0.3 is 19.5 Å². The van der Waals surface area contributed by atoms with Gasteiger partial charge in [0.1, 0.15) is 0 Å². The molecule has 4 rings (SSSR count). The van der Waals surface area contributed by atoms with Crippen molar-refractivity contribution in [2.75, 3.05) is 14.2 Å². The van der Waals surface area contributed by atoms with Gasteiger partial charge in [0.15, 0.2) is 0 Å². The molecule has 0 fully saturated rings. The first-order valence-electron chi connectivity index (χ1n) is 12.6. The van der Waals surface area contributed by atoms with Gasteiger partial charge in [-0.3, -0.25) is 20.2 Å². The maximum absolute atomic E-state index is 11.9. The van der Waals surface area contributed by atoms with Gasteiger partial charge in [0.2, 0.25) is 0 Å². The van der Waals surface area contributed by atoms with Crippen molar-refractivity contribution in [2.24, 2.45) is 0 Å². The molecule has 0 aliphatic heterocycles. The van der Waals surface area contributed by atoms with Crippen molar-refractivity contribution in [1.29, 1.82) is 10.5 Å². The van der Waals surface area contributed by atoms with E-state index in [2.05, 4.69) is 25.4 Å². The number of nitriles is 2. The molecule has 0 bridgehead atoms. The number of esters is 2. The van der Waals surface area contributed by atoms with Crippen LogP contribution in [0.3, 0.4) is 0 Å². The summed E-state index contributed by atoms with van der Waals surface area (Å²) < 4.78 is 9.84. The number of hydrogen-bond acceptors (Lipinski definition) is 12. The molecular formula is C30H22BBrN4O10. The summed E-state index contributed by atoms with van der Waals surface area (Å²) >= 11 is 3.19. The number of carbonyl (C=O) groups excluding carboxylic acids is 2. The Labute approximate surface area is 270 Å². The number of ether oxygens (including phenoxy) is 2.